The lowest BCUT2D eigenvalue weighted by Crippen LogP contribution is -2.56. The first kappa shape index (κ1) is 20.0. The van der Waals surface area contributed by atoms with E-state index in [4.69, 9.17) is 23.4 Å². The van der Waals surface area contributed by atoms with Crippen molar-refractivity contribution in [2.45, 2.75) is 53.2 Å². The van der Waals surface area contributed by atoms with Crippen molar-refractivity contribution in [3.8, 4) is 0 Å². The maximum absolute atomic E-state index is 6.04. The molecule has 0 saturated heterocycles. The molecular weight excluding hydrogens is 276 g/mol. The number of nitrogens with one attached hydrogen (secondary N) is 1. The summed E-state index contributed by atoms with van der Waals surface area (Å²) >= 11 is 0. The minimum atomic E-state index is -3.07. The van der Waals surface area contributed by atoms with E-state index >= 15 is 0 Å². The summed E-state index contributed by atoms with van der Waals surface area (Å²) in [7, 11) is -3.07. The zero-order valence-corrected chi connectivity index (χ0v) is 14.6. The van der Waals surface area contributed by atoms with Gasteiger partial charge in [-0.25, -0.2) is 0 Å². The molecule has 0 bridgehead atoms. The molecule has 0 aliphatic heterocycles. The summed E-state index contributed by atoms with van der Waals surface area (Å²) in [5, 5.41) is 3.37. The fourth-order valence-corrected chi connectivity index (χ4v) is 3.97. The Bertz CT molecular complexity index is 217. The summed E-state index contributed by atoms with van der Waals surface area (Å²) in [4.78, 5) is 0. The Morgan fingerprint density at radius 2 is 1.50 bits per heavy atom. The van der Waals surface area contributed by atoms with Crippen molar-refractivity contribution in [1.29, 1.82) is 0 Å². The van der Waals surface area contributed by atoms with Crippen LogP contribution in [-0.4, -0.2) is 54.1 Å². The van der Waals surface area contributed by atoms with E-state index in [9.17, 15) is 0 Å². The Morgan fingerprint density at radius 1 is 1.00 bits per heavy atom. The lowest BCUT2D eigenvalue weighted by Gasteiger charge is -2.33. The smallest absolute Gasteiger partial charge is 0.351 e. The minimum Gasteiger partial charge on any atom is -0.351 e. The van der Waals surface area contributed by atoms with Gasteiger partial charge in [0.15, 0.2) is 0 Å². The Labute approximate surface area is 124 Å². The fraction of sp³-hybridized carbons (Fsp3) is 1.00. The summed E-state index contributed by atoms with van der Waals surface area (Å²) < 4.78 is 23.1. The Balaban J connectivity index is 4.73. The van der Waals surface area contributed by atoms with Gasteiger partial charge < -0.3 is 28.8 Å². The molecule has 0 rings (SSSR count). The zero-order valence-electron chi connectivity index (χ0n) is 13.6. The molecule has 0 aromatic heterocycles. The maximum atomic E-state index is 6.04. The highest BCUT2D eigenvalue weighted by Crippen LogP contribution is 2.16. The Hall–Kier alpha value is -0.0231. The van der Waals surface area contributed by atoms with E-state index in [1.807, 2.05) is 27.7 Å². The van der Waals surface area contributed by atoms with E-state index < -0.39 is 9.05 Å². The van der Waals surface area contributed by atoms with E-state index in [1.54, 1.807) is 0 Å². The maximum Gasteiger partial charge on any atom is 0.679 e. The molecule has 6 nitrogen and oxygen atoms in total. The summed E-state index contributed by atoms with van der Waals surface area (Å²) in [5.74, 6) is 0. The summed E-state index contributed by atoms with van der Waals surface area (Å²) in [6.45, 7) is 12.7. The van der Waals surface area contributed by atoms with Gasteiger partial charge in [-0.1, -0.05) is 6.92 Å². The van der Waals surface area contributed by atoms with Crippen molar-refractivity contribution in [2.24, 2.45) is 5.73 Å². The molecule has 0 saturated carbocycles. The van der Waals surface area contributed by atoms with E-state index in [0.29, 0.717) is 26.4 Å². The minimum absolute atomic E-state index is 0.0585. The molecule has 122 valence electrons. The number of rotatable bonds is 13. The molecule has 2 atom stereocenters. The van der Waals surface area contributed by atoms with Gasteiger partial charge in [0.25, 0.3) is 0 Å². The van der Waals surface area contributed by atoms with E-state index in [0.717, 1.165) is 13.0 Å². The van der Waals surface area contributed by atoms with Gasteiger partial charge >= 0.3 is 9.05 Å². The molecule has 0 aromatic carbocycles. The van der Waals surface area contributed by atoms with Crippen molar-refractivity contribution in [2.75, 3.05) is 32.9 Å². The van der Waals surface area contributed by atoms with Crippen LogP contribution in [0.3, 0.4) is 0 Å². The van der Waals surface area contributed by atoms with Gasteiger partial charge in [0.05, 0.1) is 6.10 Å². The summed E-state index contributed by atoms with van der Waals surface area (Å²) in [5.41, 5.74) is 5.81. The lowest BCUT2D eigenvalue weighted by atomic mass is 10.2. The van der Waals surface area contributed by atoms with Crippen molar-refractivity contribution in [1.82, 2.24) is 5.32 Å². The third-order valence-corrected chi connectivity index (χ3v) is 5.36. The average molecular weight is 308 g/mol. The molecule has 20 heavy (non-hydrogen) atoms. The number of hydrogen-bond donors (Lipinski definition) is 2. The van der Waals surface area contributed by atoms with Crippen LogP contribution in [0.15, 0.2) is 0 Å². The SMILES string of the molecule is CCCNC(CN)C(C)O[Si](OCC)(OCC)OCC. The quantitative estimate of drug-likeness (QED) is 0.499. The second-order valence-electron chi connectivity index (χ2n) is 4.42. The largest absolute Gasteiger partial charge is 0.679 e. The van der Waals surface area contributed by atoms with Crippen molar-refractivity contribution >= 4 is 9.05 Å². The standard InChI is InChI=1S/C13H32N2O4Si/c1-6-10-15-13(11-14)12(5)19-20(16-7-2,17-8-3)18-9-4/h12-13,15H,6-11,14H2,1-5H3. The van der Waals surface area contributed by atoms with Crippen molar-refractivity contribution in [3.05, 3.63) is 0 Å². The highest BCUT2D eigenvalue weighted by molar-refractivity contribution is 6.53. The van der Waals surface area contributed by atoms with Gasteiger partial charge in [0, 0.05) is 32.4 Å². The predicted molar refractivity (Wildman–Crippen MR) is 82.3 cm³/mol. The monoisotopic (exact) mass is 308 g/mol. The Kier molecular flexibility index (Phi) is 11.6. The molecule has 3 N–H and O–H groups in total. The molecule has 0 fully saturated rings. The molecule has 0 heterocycles. The third-order valence-electron chi connectivity index (χ3n) is 2.77. The van der Waals surface area contributed by atoms with Crippen molar-refractivity contribution < 1.29 is 17.7 Å². The molecule has 0 aliphatic rings. The van der Waals surface area contributed by atoms with Crippen LogP contribution < -0.4 is 11.1 Å². The van der Waals surface area contributed by atoms with Crippen molar-refractivity contribution in [3.63, 3.8) is 0 Å². The molecular formula is C13H32N2O4Si. The molecule has 0 aliphatic carbocycles. The first-order chi connectivity index (χ1) is 9.59. The number of hydrogen-bond acceptors (Lipinski definition) is 6. The molecule has 7 heteroatoms. The molecule has 2 unspecified atom stereocenters. The zero-order chi connectivity index (χ0) is 15.4. The van der Waals surface area contributed by atoms with Gasteiger partial charge in [-0.2, -0.15) is 0 Å². The molecule has 0 amide bonds. The highest BCUT2D eigenvalue weighted by atomic mass is 28.4. The van der Waals surface area contributed by atoms with Gasteiger partial charge in [-0.15, -0.1) is 0 Å². The van der Waals surface area contributed by atoms with Crippen LogP contribution in [0, 0.1) is 0 Å². The first-order valence-electron chi connectivity index (χ1n) is 7.62. The second kappa shape index (κ2) is 11.6. The summed E-state index contributed by atoms with van der Waals surface area (Å²) in [6, 6.07) is 0.0585. The van der Waals surface area contributed by atoms with Gasteiger partial charge in [0.1, 0.15) is 0 Å². The van der Waals surface area contributed by atoms with Crippen LogP contribution >= 0.6 is 0 Å². The van der Waals surface area contributed by atoms with E-state index in [2.05, 4.69) is 12.2 Å². The van der Waals surface area contributed by atoms with Crippen LogP contribution in [0.5, 0.6) is 0 Å². The Morgan fingerprint density at radius 3 is 1.85 bits per heavy atom. The average Bonchev–Trinajstić information content (AvgIpc) is 2.40. The number of nitrogens with two attached hydrogens (primary N) is 1. The van der Waals surface area contributed by atoms with E-state index in [1.165, 1.54) is 0 Å². The summed E-state index contributed by atoms with van der Waals surface area (Å²) in [6.07, 6.45) is 0.914. The molecule has 0 spiro atoms. The normalized spacial score (nSPS) is 15.3. The van der Waals surface area contributed by atoms with Crippen LogP contribution in [0.25, 0.3) is 0 Å². The molecule has 0 aromatic rings. The van der Waals surface area contributed by atoms with Crippen LogP contribution in [-0.2, 0) is 17.7 Å². The van der Waals surface area contributed by atoms with Crippen LogP contribution in [0.1, 0.15) is 41.0 Å². The van der Waals surface area contributed by atoms with Crippen LogP contribution in [0.4, 0.5) is 0 Å². The second-order valence-corrected chi connectivity index (χ2v) is 6.52. The van der Waals surface area contributed by atoms with Gasteiger partial charge in [0.2, 0.25) is 0 Å². The highest BCUT2D eigenvalue weighted by Gasteiger charge is 2.47. The van der Waals surface area contributed by atoms with Gasteiger partial charge in [-0.05, 0) is 40.7 Å². The first-order valence-corrected chi connectivity index (χ1v) is 9.25. The topological polar surface area (TPSA) is 75.0 Å². The fourth-order valence-electron chi connectivity index (χ4n) is 1.84. The predicted octanol–water partition coefficient (Wildman–Crippen LogP) is 1.26. The molecule has 0 radical (unpaired) electrons. The lowest BCUT2D eigenvalue weighted by molar-refractivity contribution is -0.0528. The van der Waals surface area contributed by atoms with Gasteiger partial charge in [-0.3, -0.25) is 0 Å². The van der Waals surface area contributed by atoms with E-state index in [-0.39, 0.29) is 12.1 Å². The van der Waals surface area contributed by atoms with Crippen LogP contribution in [0.2, 0.25) is 0 Å². The third kappa shape index (κ3) is 7.12.